The molecule has 5 nitrogen and oxygen atoms in total. The zero-order chi connectivity index (χ0) is 16.8. The number of benzene rings is 2. The maximum Gasteiger partial charge on any atom is 0.255 e. The molecular formula is C18H21N3O2. The normalized spacial score (nSPS) is 10.2. The molecule has 0 aliphatic heterocycles. The molecule has 2 rings (SSSR count). The summed E-state index contributed by atoms with van der Waals surface area (Å²) in [7, 11) is 0. The van der Waals surface area contributed by atoms with Gasteiger partial charge in [-0.1, -0.05) is 30.7 Å². The van der Waals surface area contributed by atoms with Crippen LogP contribution in [-0.2, 0) is 11.2 Å². The first-order valence-corrected chi connectivity index (χ1v) is 7.54. The predicted octanol–water partition coefficient (Wildman–Crippen LogP) is 2.71. The van der Waals surface area contributed by atoms with Gasteiger partial charge < -0.3 is 16.4 Å². The van der Waals surface area contributed by atoms with Crippen molar-refractivity contribution in [3.05, 3.63) is 59.2 Å². The summed E-state index contributed by atoms with van der Waals surface area (Å²) in [5.74, 6) is -0.448. The predicted molar refractivity (Wildman–Crippen MR) is 92.6 cm³/mol. The smallest absolute Gasteiger partial charge is 0.255 e. The molecule has 23 heavy (non-hydrogen) atoms. The topological polar surface area (TPSA) is 84.2 Å². The number of carbonyl (C=O) groups is 2. The summed E-state index contributed by atoms with van der Waals surface area (Å²) in [5, 5.41) is 5.61. The monoisotopic (exact) mass is 311 g/mol. The van der Waals surface area contributed by atoms with Crippen LogP contribution in [0.1, 0.15) is 28.4 Å². The van der Waals surface area contributed by atoms with Gasteiger partial charge in [-0.2, -0.15) is 0 Å². The number of hydrogen-bond donors (Lipinski definition) is 3. The van der Waals surface area contributed by atoms with Crippen LogP contribution in [0.2, 0.25) is 0 Å². The van der Waals surface area contributed by atoms with Crippen LogP contribution in [0.15, 0.2) is 42.5 Å². The summed E-state index contributed by atoms with van der Waals surface area (Å²) >= 11 is 0. The van der Waals surface area contributed by atoms with Crippen molar-refractivity contribution in [3.63, 3.8) is 0 Å². The summed E-state index contributed by atoms with van der Waals surface area (Å²) in [6.07, 6.45) is 0.770. The lowest BCUT2D eigenvalue weighted by molar-refractivity contribution is -0.114. The Bertz CT molecular complexity index is 726. The number of hydrogen-bond acceptors (Lipinski definition) is 3. The Morgan fingerprint density at radius 3 is 2.52 bits per heavy atom. The van der Waals surface area contributed by atoms with Crippen LogP contribution in [0.5, 0.6) is 0 Å². The summed E-state index contributed by atoms with van der Waals surface area (Å²) in [4.78, 5) is 23.8. The van der Waals surface area contributed by atoms with Crippen LogP contribution in [0, 0.1) is 6.92 Å². The summed E-state index contributed by atoms with van der Waals surface area (Å²) in [6.45, 7) is 3.86. The van der Waals surface area contributed by atoms with Crippen molar-refractivity contribution in [2.75, 3.05) is 17.2 Å². The Hall–Kier alpha value is -2.66. The van der Waals surface area contributed by atoms with E-state index in [0.717, 1.165) is 17.5 Å². The first-order valence-electron chi connectivity index (χ1n) is 7.54. The van der Waals surface area contributed by atoms with E-state index in [-0.39, 0.29) is 18.4 Å². The van der Waals surface area contributed by atoms with Crippen LogP contribution in [0.3, 0.4) is 0 Å². The van der Waals surface area contributed by atoms with E-state index in [1.807, 2.05) is 44.2 Å². The van der Waals surface area contributed by atoms with Crippen molar-refractivity contribution in [3.8, 4) is 0 Å². The van der Waals surface area contributed by atoms with E-state index < -0.39 is 0 Å². The molecule has 4 N–H and O–H groups in total. The van der Waals surface area contributed by atoms with E-state index in [4.69, 9.17) is 5.73 Å². The lowest BCUT2D eigenvalue weighted by Crippen LogP contribution is -2.22. The standard InChI is InChI=1S/C18H21N3O2/c1-3-13-7-8-15(10-16(13)21-17(22)11-19)20-18(23)14-6-4-5-12(2)9-14/h4-10H,3,11,19H2,1-2H3,(H,20,23)(H,21,22). The van der Waals surface area contributed by atoms with Crippen LogP contribution in [0.4, 0.5) is 11.4 Å². The second kappa shape index (κ2) is 7.56. The third-order valence-electron chi connectivity index (χ3n) is 3.49. The fourth-order valence-corrected chi connectivity index (χ4v) is 2.27. The fourth-order valence-electron chi connectivity index (χ4n) is 2.27. The first kappa shape index (κ1) is 16.7. The van der Waals surface area contributed by atoms with Crippen molar-refractivity contribution in [1.29, 1.82) is 0 Å². The minimum atomic E-state index is -0.262. The molecule has 0 aliphatic rings. The zero-order valence-electron chi connectivity index (χ0n) is 13.3. The average Bonchev–Trinajstić information content (AvgIpc) is 2.55. The Morgan fingerprint density at radius 2 is 1.87 bits per heavy atom. The van der Waals surface area contributed by atoms with Gasteiger partial charge in [0.05, 0.1) is 6.54 Å². The van der Waals surface area contributed by atoms with Gasteiger partial charge in [0.2, 0.25) is 5.91 Å². The number of nitrogens with two attached hydrogens (primary N) is 1. The molecule has 2 amide bonds. The van der Waals surface area contributed by atoms with Gasteiger partial charge >= 0.3 is 0 Å². The van der Waals surface area contributed by atoms with Crippen LogP contribution in [0.25, 0.3) is 0 Å². The molecular weight excluding hydrogens is 290 g/mol. The first-order chi connectivity index (χ1) is 11.0. The Labute approximate surface area is 135 Å². The SMILES string of the molecule is CCc1ccc(NC(=O)c2cccc(C)c2)cc1NC(=O)CN. The quantitative estimate of drug-likeness (QED) is 0.794. The summed E-state index contributed by atoms with van der Waals surface area (Å²) < 4.78 is 0. The number of nitrogens with one attached hydrogen (secondary N) is 2. The third kappa shape index (κ3) is 4.40. The van der Waals surface area contributed by atoms with Gasteiger partial charge in [0.1, 0.15) is 0 Å². The van der Waals surface area contributed by atoms with Gasteiger partial charge in [0, 0.05) is 16.9 Å². The molecule has 2 aromatic rings. The molecule has 0 saturated carbocycles. The molecule has 0 spiro atoms. The highest BCUT2D eigenvalue weighted by Crippen LogP contribution is 2.22. The highest BCUT2D eigenvalue weighted by Gasteiger charge is 2.09. The number of carbonyl (C=O) groups excluding carboxylic acids is 2. The van der Waals surface area contributed by atoms with Gasteiger partial charge in [-0.3, -0.25) is 9.59 Å². The van der Waals surface area contributed by atoms with Crippen molar-refractivity contribution in [2.45, 2.75) is 20.3 Å². The van der Waals surface area contributed by atoms with Crippen LogP contribution < -0.4 is 16.4 Å². The minimum absolute atomic E-state index is 0.0803. The van der Waals surface area contributed by atoms with Crippen molar-refractivity contribution in [2.24, 2.45) is 5.73 Å². The molecule has 0 heterocycles. The van der Waals surface area contributed by atoms with Gasteiger partial charge in [-0.05, 0) is 43.2 Å². The Morgan fingerprint density at radius 1 is 1.09 bits per heavy atom. The van der Waals surface area contributed by atoms with Gasteiger partial charge in [-0.15, -0.1) is 0 Å². The molecule has 5 heteroatoms. The molecule has 0 aromatic heterocycles. The number of rotatable bonds is 5. The molecule has 0 saturated heterocycles. The molecule has 120 valence electrons. The Kier molecular flexibility index (Phi) is 5.49. The van der Waals surface area contributed by atoms with Gasteiger partial charge in [0.15, 0.2) is 0 Å². The van der Waals surface area contributed by atoms with E-state index in [9.17, 15) is 9.59 Å². The minimum Gasteiger partial charge on any atom is -0.325 e. The molecule has 0 bridgehead atoms. The highest BCUT2D eigenvalue weighted by molar-refractivity contribution is 6.05. The second-order valence-corrected chi connectivity index (χ2v) is 5.30. The van der Waals surface area contributed by atoms with E-state index >= 15 is 0 Å². The second-order valence-electron chi connectivity index (χ2n) is 5.30. The highest BCUT2D eigenvalue weighted by atomic mass is 16.2. The number of amides is 2. The maximum absolute atomic E-state index is 12.3. The van der Waals surface area contributed by atoms with Crippen LogP contribution in [-0.4, -0.2) is 18.4 Å². The molecule has 0 unspecified atom stereocenters. The summed E-state index contributed by atoms with van der Waals surface area (Å²) in [5.41, 5.74) is 9.24. The third-order valence-corrected chi connectivity index (χ3v) is 3.49. The zero-order valence-corrected chi connectivity index (χ0v) is 13.3. The molecule has 0 fully saturated rings. The van der Waals surface area contributed by atoms with Crippen molar-refractivity contribution < 1.29 is 9.59 Å². The Balaban J connectivity index is 2.21. The van der Waals surface area contributed by atoms with Crippen LogP contribution >= 0.6 is 0 Å². The largest absolute Gasteiger partial charge is 0.325 e. The average molecular weight is 311 g/mol. The van der Waals surface area contributed by atoms with Gasteiger partial charge in [0.25, 0.3) is 5.91 Å². The molecule has 2 aromatic carbocycles. The lowest BCUT2D eigenvalue weighted by atomic mass is 10.1. The van der Waals surface area contributed by atoms with Crippen molar-refractivity contribution in [1.82, 2.24) is 0 Å². The number of anilines is 2. The summed E-state index contributed by atoms with van der Waals surface area (Å²) in [6, 6.07) is 12.8. The molecule has 0 atom stereocenters. The van der Waals surface area contributed by atoms with Gasteiger partial charge in [-0.25, -0.2) is 0 Å². The lowest BCUT2D eigenvalue weighted by Gasteiger charge is -2.12. The van der Waals surface area contributed by atoms with E-state index in [2.05, 4.69) is 10.6 Å². The van der Waals surface area contributed by atoms with E-state index in [1.165, 1.54) is 0 Å². The fraction of sp³-hybridized carbons (Fsp3) is 0.222. The molecule has 0 radical (unpaired) electrons. The van der Waals surface area contributed by atoms with E-state index in [1.54, 1.807) is 12.1 Å². The number of aryl methyl sites for hydroxylation is 2. The maximum atomic E-state index is 12.3. The van der Waals surface area contributed by atoms with E-state index in [0.29, 0.717) is 16.9 Å². The molecule has 0 aliphatic carbocycles. The van der Waals surface area contributed by atoms with Crippen molar-refractivity contribution >= 4 is 23.2 Å².